The van der Waals surface area contributed by atoms with Crippen molar-refractivity contribution in [3.8, 4) is 0 Å². The van der Waals surface area contributed by atoms with Crippen LogP contribution in [0.15, 0.2) is 0 Å². The lowest BCUT2D eigenvalue weighted by molar-refractivity contribution is -0.0167. The fourth-order valence-electron chi connectivity index (χ4n) is 3.98. The Morgan fingerprint density at radius 2 is 1.93 bits per heavy atom. The molecule has 0 amide bonds. The number of piperidine rings is 2. The normalized spacial score (nSPS) is 42.6. The van der Waals surface area contributed by atoms with Crippen molar-refractivity contribution in [3.05, 3.63) is 0 Å². The summed E-state index contributed by atoms with van der Waals surface area (Å²) >= 11 is 0. The van der Waals surface area contributed by atoms with Crippen molar-refractivity contribution < 1.29 is 0 Å². The molecule has 1 heteroatoms. The molecule has 0 saturated carbocycles. The van der Waals surface area contributed by atoms with Crippen LogP contribution in [0.2, 0.25) is 0 Å². The van der Waals surface area contributed by atoms with Crippen LogP contribution in [-0.4, -0.2) is 23.5 Å². The minimum absolute atomic E-state index is 0.900. The average molecular weight is 209 g/mol. The summed E-state index contributed by atoms with van der Waals surface area (Å²) in [5.74, 6) is 1.86. The Kier molecular flexibility index (Phi) is 3.71. The summed E-state index contributed by atoms with van der Waals surface area (Å²) in [6, 6.07) is 1.82. The first-order chi connectivity index (χ1) is 7.24. The van der Waals surface area contributed by atoms with E-state index in [-0.39, 0.29) is 0 Å². The van der Waals surface area contributed by atoms with E-state index in [9.17, 15) is 0 Å². The number of hydrogen-bond acceptors (Lipinski definition) is 1. The topological polar surface area (TPSA) is 3.24 Å². The van der Waals surface area contributed by atoms with E-state index < -0.39 is 0 Å². The second kappa shape index (κ2) is 4.86. The monoisotopic (exact) mass is 209 g/mol. The third kappa shape index (κ3) is 2.22. The summed E-state index contributed by atoms with van der Waals surface area (Å²) in [4.78, 5) is 2.87. The van der Waals surface area contributed by atoms with Gasteiger partial charge in [-0.2, -0.15) is 0 Å². The Hall–Kier alpha value is -0.0400. The molecule has 15 heavy (non-hydrogen) atoms. The molecule has 2 heterocycles. The van der Waals surface area contributed by atoms with Gasteiger partial charge in [0.05, 0.1) is 0 Å². The van der Waals surface area contributed by atoms with E-state index in [1.54, 1.807) is 0 Å². The maximum atomic E-state index is 2.87. The number of rotatable bonds is 2. The Morgan fingerprint density at radius 1 is 1.13 bits per heavy atom. The third-order valence-corrected chi connectivity index (χ3v) is 4.66. The lowest BCUT2D eigenvalue weighted by Crippen LogP contribution is -2.55. The highest BCUT2D eigenvalue weighted by atomic mass is 15.2. The molecule has 1 nitrogen and oxygen atoms in total. The largest absolute Gasteiger partial charge is 0.297 e. The number of hydrogen-bond donors (Lipinski definition) is 0. The quantitative estimate of drug-likeness (QED) is 0.670. The second-order valence-corrected chi connectivity index (χ2v) is 5.85. The van der Waals surface area contributed by atoms with Gasteiger partial charge in [-0.05, 0) is 44.1 Å². The van der Waals surface area contributed by atoms with Gasteiger partial charge in [0.15, 0.2) is 0 Å². The molecule has 2 rings (SSSR count). The molecule has 0 aromatic carbocycles. The van der Waals surface area contributed by atoms with Crippen molar-refractivity contribution in [2.24, 2.45) is 11.8 Å². The van der Waals surface area contributed by atoms with Crippen molar-refractivity contribution in [1.82, 2.24) is 4.90 Å². The summed E-state index contributed by atoms with van der Waals surface area (Å²) < 4.78 is 0. The Balaban J connectivity index is 2.08. The summed E-state index contributed by atoms with van der Waals surface area (Å²) in [5, 5.41) is 0. The predicted octanol–water partition coefficient (Wildman–Crippen LogP) is 3.69. The second-order valence-electron chi connectivity index (χ2n) is 5.85. The van der Waals surface area contributed by atoms with E-state index in [2.05, 4.69) is 25.7 Å². The molecule has 2 fully saturated rings. The van der Waals surface area contributed by atoms with E-state index in [4.69, 9.17) is 0 Å². The molecule has 2 aliphatic heterocycles. The van der Waals surface area contributed by atoms with Gasteiger partial charge >= 0.3 is 0 Å². The lowest BCUT2D eigenvalue weighted by Gasteiger charge is -2.51. The minimum atomic E-state index is 0.900. The molecule has 0 bridgehead atoms. The van der Waals surface area contributed by atoms with E-state index in [1.165, 1.54) is 45.1 Å². The zero-order valence-electron chi connectivity index (χ0n) is 10.7. The zero-order valence-corrected chi connectivity index (χ0v) is 10.7. The predicted molar refractivity (Wildman–Crippen MR) is 66.0 cm³/mol. The van der Waals surface area contributed by atoms with Crippen LogP contribution in [0.5, 0.6) is 0 Å². The Morgan fingerprint density at radius 3 is 2.67 bits per heavy atom. The van der Waals surface area contributed by atoms with Gasteiger partial charge in [0, 0.05) is 12.1 Å². The van der Waals surface area contributed by atoms with E-state index in [0.717, 1.165) is 23.9 Å². The van der Waals surface area contributed by atoms with Gasteiger partial charge in [0.25, 0.3) is 0 Å². The van der Waals surface area contributed by atoms with Crippen LogP contribution in [0.4, 0.5) is 0 Å². The van der Waals surface area contributed by atoms with Crippen LogP contribution in [-0.2, 0) is 0 Å². The number of fused-ring (bicyclic) bond motifs is 1. The molecular weight excluding hydrogens is 182 g/mol. The molecule has 2 aliphatic rings. The molecule has 0 aromatic rings. The fraction of sp³-hybridized carbons (Fsp3) is 1.00. The first-order valence-corrected chi connectivity index (χ1v) is 6.99. The van der Waals surface area contributed by atoms with E-state index in [0.29, 0.717) is 0 Å². The first kappa shape index (κ1) is 11.4. The van der Waals surface area contributed by atoms with Crippen LogP contribution in [0.25, 0.3) is 0 Å². The molecule has 4 atom stereocenters. The van der Waals surface area contributed by atoms with E-state index in [1.807, 2.05) is 0 Å². The van der Waals surface area contributed by atoms with Gasteiger partial charge in [-0.1, -0.05) is 33.6 Å². The molecule has 2 saturated heterocycles. The number of nitrogens with zero attached hydrogens (tertiary/aromatic N) is 1. The highest BCUT2D eigenvalue weighted by Gasteiger charge is 2.39. The molecule has 88 valence electrons. The lowest BCUT2D eigenvalue weighted by atomic mass is 9.75. The summed E-state index contributed by atoms with van der Waals surface area (Å²) in [7, 11) is 0. The third-order valence-electron chi connectivity index (χ3n) is 4.66. The highest BCUT2D eigenvalue weighted by Crippen LogP contribution is 2.38. The van der Waals surface area contributed by atoms with Crippen LogP contribution >= 0.6 is 0 Å². The van der Waals surface area contributed by atoms with Crippen LogP contribution in [0.1, 0.15) is 59.3 Å². The summed E-state index contributed by atoms with van der Waals surface area (Å²) in [6.45, 7) is 8.66. The highest BCUT2D eigenvalue weighted by molar-refractivity contribution is 4.93. The molecule has 0 N–H and O–H groups in total. The summed E-state index contributed by atoms with van der Waals surface area (Å²) in [5.41, 5.74) is 0. The molecule has 0 aliphatic carbocycles. The summed E-state index contributed by atoms with van der Waals surface area (Å²) in [6.07, 6.45) is 8.62. The van der Waals surface area contributed by atoms with Crippen molar-refractivity contribution in [1.29, 1.82) is 0 Å². The minimum Gasteiger partial charge on any atom is -0.297 e. The van der Waals surface area contributed by atoms with Crippen LogP contribution in [0.3, 0.4) is 0 Å². The fourth-order valence-corrected chi connectivity index (χ4v) is 3.98. The SMILES string of the molecule is CCC[C@H]1[C@H](C)C[C@H](C)[C@H]2CCCCN21. The van der Waals surface area contributed by atoms with E-state index >= 15 is 0 Å². The molecule has 0 aromatic heterocycles. The van der Waals surface area contributed by atoms with Gasteiger partial charge in [0.1, 0.15) is 0 Å². The zero-order chi connectivity index (χ0) is 10.8. The van der Waals surface area contributed by atoms with Gasteiger partial charge in [-0.25, -0.2) is 0 Å². The Bertz CT molecular complexity index is 202. The van der Waals surface area contributed by atoms with Gasteiger partial charge in [-0.3, -0.25) is 4.90 Å². The van der Waals surface area contributed by atoms with Crippen molar-refractivity contribution in [2.45, 2.75) is 71.4 Å². The van der Waals surface area contributed by atoms with Crippen LogP contribution in [0, 0.1) is 11.8 Å². The van der Waals surface area contributed by atoms with Crippen LogP contribution < -0.4 is 0 Å². The maximum Gasteiger partial charge on any atom is 0.0124 e. The average Bonchev–Trinajstić information content (AvgIpc) is 2.24. The molecule has 0 radical (unpaired) electrons. The van der Waals surface area contributed by atoms with Gasteiger partial charge < -0.3 is 0 Å². The van der Waals surface area contributed by atoms with Gasteiger partial charge in [0.2, 0.25) is 0 Å². The molecular formula is C14H27N. The first-order valence-electron chi connectivity index (χ1n) is 6.99. The Labute approximate surface area is 95.2 Å². The molecule has 0 unspecified atom stereocenters. The standard InChI is InChI=1S/C14H27N/c1-4-7-13-11(2)10-12(3)14-8-5-6-9-15(13)14/h11-14H,4-10H2,1-3H3/t11-,12+,13+,14-/m1/s1. The maximum absolute atomic E-state index is 2.87. The molecule has 0 spiro atoms. The van der Waals surface area contributed by atoms with Crippen molar-refractivity contribution in [2.75, 3.05) is 6.54 Å². The van der Waals surface area contributed by atoms with Gasteiger partial charge in [-0.15, -0.1) is 0 Å². The van der Waals surface area contributed by atoms with Crippen molar-refractivity contribution in [3.63, 3.8) is 0 Å². The van der Waals surface area contributed by atoms with Crippen molar-refractivity contribution >= 4 is 0 Å². The smallest absolute Gasteiger partial charge is 0.0124 e.